The van der Waals surface area contributed by atoms with Crippen LogP contribution in [0.15, 0.2) is 71.5 Å². The maximum atomic E-state index is 14.2. The van der Waals surface area contributed by atoms with E-state index in [1.54, 1.807) is 49.3 Å². The number of ketones is 2. The number of methoxy groups -OCH3 is 2. The van der Waals surface area contributed by atoms with Crippen LogP contribution in [0.5, 0.6) is 23.0 Å². The second kappa shape index (κ2) is 28.4. The highest BCUT2D eigenvalue weighted by Gasteiger charge is 2.63. The van der Waals surface area contributed by atoms with Gasteiger partial charge in [-0.2, -0.15) is 0 Å². The van der Waals surface area contributed by atoms with E-state index in [0.717, 1.165) is 104 Å². The molecule has 4 fully saturated rings. The molecule has 6 aliphatic rings. The second-order valence-electron chi connectivity index (χ2n) is 27.5. The third-order valence-electron chi connectivity index (χ3n) is 20.6. The van der Waals surface area contributed by atoms with Gasteiger partial charge >= 0.3 is 11.9 Å². The lowest BCUT2D eigenvalue weighted by atomic mass is 9.84. The number of hydrogen-bond donors (Lipinski definition) is 1. The van der Waals surface area contributed by atoms with Crippen molar-refractivity contribution in [3.63, 3.8) is 0 Å². The lowest BCUT2D eigenvalue weighted by molar-refractivity contribution is -0.152. The molecule has 4 saturated carbocycles. The van der Waals surface area contributed by atoms with E-state index in [2.05, 4.69) is 50.6 Å². The number of amides is 2. The van der Waals surface area contributed by atoms with Crippen molar-refractivity contribution in [2.24, 2.45) is 46.3 Å². The zero-order valence-corrected chi connectivity index (χ0v) is 57.8. The van der Waals surface area contributed by atoms with Gasteiger partial charge in [0.15, 0.2) is 0 Å². The zero-order chi connectivity index (χ0) is 66.9. The fourth-order valence-corrected chi connectivity index (χ4v) is 16.5. The standard InChI is InChI=1S/C38H47N3O6S.C36H43N3O6S/c1-7-46-37(44)38-19-24(38)12-10-8-9-11-15-41(5)36(43)28-17-25(16-27(28)31(42)20-38)47-33-18-29(35-40-30(21-48-35)22(2)3)39-34-23(4)32(45-6)14-13-26(33)34;1-20(2)28-19-46-33(38-28)27-16-31(24-11-12-30(44-5)21(3)32(24)37-27)45-23-14-25-26(15-23)34(41)39(4)13-9-7-6-8-10-22-17-36(22,35(42)43)18-29(25)40/h10,12-14,18,21-22,24-25,27-28H,7-9,11,15-17,19-20H2,1-6H3;8,10-12,16,19-20,22-23,25-26H,6-7,9,13-15,17-18H2,1-5H3,(H,42,43)/b12-10-;10-8-/t24-,25-,27-,28-,38-;22-,23-,25-,26-,36-/m11/s1. The van der Waals surface area contributed by atoms with E-state index in [0.29, 0.717) is 74.5 Å². The number of benzene rings is 2. The summed E-state index contributed by atoms with van der Waals surface area (Å²) in [6.45, 7) is 15.7. The number of rotatable bonds is 13. The van der Waals surface area contributed by atoms with Crippen molar-refractivity contribution >= 4 is 79.8 Å². The highest BCUT2D eigenvalue weighted by Crippen LogP contribution is 2.59. The van der Waals surface area contributed by atoms with E-state index in [9.17, 15) is 33.9 Å². The fourth-order valence-electron chi connectivity index (χ4n) is 14.6. The Morgan fingerprint density at radius 2 is 1.03 bits per heavy atom. The molecule has 2 amide bonds. The van der Waals surface area contributed by atoms with Crippen molar-refractivity contribution in [3.8, 4) is 44.4 Å². The molecule has 0 spiro atoms. The predicted molar refractivity (Wildman–Crippen MR) is 364 cm³/mol. The third kappa shape index (κ3) is 13.9. The molecule has 4 aromatic heterocycles. The van der Waals surface area contributed by atoms with Crippen molar-refractivity contribution in [2.75, 3.05) is 48.0 Å². The summed E-state index contributed by atoms with van der Waals surface area (Å²) < 4.78 is 30.3. The predicted octanol–water partition coefficient (Wildman–Crippen LogP) is 14.1. The number of fused-ring (bicyclic) bond motifs is 6. The maximum Gasteiger partial charge on any atom is 0.313 e. The van der Waals surface area contributed by atoms with Gasteiger partial charge in [-0.3, -0.25) is 28.8 Å². The van der Waals surface area contributed by atoms with Crippen LogP contribution in [0.25, 0.3) is 43.2 Å². The number of esters is 1. The Balaban J connectivity index is 0.000000192. The molecule has 0 unspecified atom stereocenters. The molecular weight excluding hydrogens is 1230 g/mol. The average Bonchev–Trinajstić information content (AvgIpc) is 1.55. The van der Waals surface area contributed by atoms with Crippen LogP contribution in [0.2, 0.25) is 0 Å². The Morgan fingerprint density at radius 3 is 1.45 bits per heavy atom. The first kappa shape index (κ1) is 67.8. The summed E-state index contributed by atoms with van der Waals surface area (Å²) in [5, 5.41) is 17.5. The minimum atomic E-state index is -1.08. The molecule has 6 aromatic rings. The first-order valence-corrected chi connectivity index (χ1v) is 35.3. The number of carboxylic acid groups (broad SMARTS) is 1. The van der Waals surface area contributed by atoms with E-state index in [-0.39, 0.29) is 78.6 Å². The Bertz CT molecular complexity index is 3930. The number of aromatic nitrogens is 4. The van der Waals surface area contributed by atoms with Gasteiger partial charge in [-0.05, 0) is 146 Å². The molecule has 0 radical (unpaired) electrons. The van der Waals surface area contributed by atoms with Gasteiger partial charge in [0, 0.05) is 96.7 Å². The molecule has 94 heavy (non-hydrogen) atoms. The van der Waals surface area contributed by atoms with Crippen molar-refractivity contribution < 1.29 is 57.6 Å². The van der Waals surface area contributed by atoms with Crippen LogP contribution in [0.1, 0.15) is 159 Å². The number of carboxylic acids is 1. The first-order valence-electron chi connectivity index (χ1n) is 33.6. The number of carbonyl (C=O) groups is 6. The van der Waals surface area contributed by atoms with Crippen LogP contribution >= 0.6 is 22.7 Å². The quantitative estimate of drug-likeness (QED) is 0.0837. The number of pyridine rings is 2. The number of thiazole rings is 2. The van der Waals surface area contributed by atoms with Crippen LogP contribution in [-0.2, 0) is 33.5 Å². The summed E-state index contributed by atoms with van der Waals surface area (Å²) >= 11 is 3.09. The van der Waals surface area contributed by atoms with Gasteiger partial charge in [0.1, 0.15) is 68.2 Å². The fraction of sp³-hybridized carbons (Fsp3) is 0.541. The van der Waals surface area contributed by atoms with Crippen LogP contribution in [0, 0.1) is 60.2 Å². The monoisotopic (exact) mass is 1320 g/mol. The van der Waals surface area contributed by atoms with Gasteiger partial charge in [-0.1, -0.05) is 52.0 Å². The number of aliphatic carboxylic acids is 1. The molecule has 500 valence electrons. The van der Waals surface area contributed by atoms with Crippen molar-refractivity contribution in [2.45, 2.75) is 162 Å². The summed E-state index contributed by atoms with van der Waals surface area (Å²) in [6, 6.07) is 11.5. The van der Waals surface area contributed by atoms with E-state index in [1.807, 2.05) is 69.4 Å². The highest BCUT2D eigenvalue weighted by atomic mass is 32.1. The molecule has 6 heterocycles. The van der Waals surface area contributed by atoms with Gasteiger partial charge in [0.25, 0.3) is 0 Å². The molecule has 0 saturated heterocycles. The molecule has 20 heteroatoms. The lowest BCUT2D eigenvalue weighted by Crippen LogP contribution is -2.38. The number of carbonyl (C=O) groups excluding carboxylic acids is 5. The molecule has 1 N–H and O–H groups in total. The van der Waals surface area contributed by atoms with Crippen LogP contribution in [-0.4, -0.2) is 130 Å². The molecular formula is C74H90N6O12S2. The summed E-state index contributed by atoms with van der Waals surface area (Å²) in [5.74, 6) is -0.690. The average molecular weight is 1320 g/mol. The number of nitrogens with zero attached hydrogens (tertiary/aromatic N) is 6. The molecule has 10 atom stereocenters. The van der Waals surface area contributed by atoms with Gasteiger partial charge in [0.05, 0.1) is 65.9 Å². The van der Waals surface area contributed by atoms with Crippen molar-refractivity contribution in [3.05, 3.63) is 94.0 Å². The number of allylic oxidation sites excluding steroid dienone is 4. The van der Waals surface area contributed by atoms with Gasteiger partial charge < -0.3 is 38.6 Å². The Morgan fingerprint density at radius 1 is 0.606 bits per heavy atom. The number of Topliss-reactive ketones (excluding diaryl/α,β-unsaturated/α-hetero) is 2. The second-order valence-corrected chi connectivity index (χ2v) is 29.2. The largest absolute Gasteiger partial charge is 0.496 e. The van der Waals surface area contributed by atoms with E-state index >= 15 is 0 Å². The maximum absolute atomic E-state index is 14.2. The third-order valence-corrected chi connectivity index (χ3v) is 22.3. The Labute approximate surface area is 559 Å². The number of ether oxygens (including phenoxy) is 5. The summed E-state index contributed by atoms with van der Waals surface area (Å²) in [4.78, 5) is 105. The molecule has 2 aromatic carbocycles. The van der Waals surface area contributed by atoms with Crippen molar-refractivity contribution in [1.29, 1.82) is 0 Å². The van der Waals surface area contributed by atoms with Gasteiger partial charge in [-0.15, -0.1) is 22.7 Å². The van der Waals surface area contributed by atoms with Crippen LogP contribution < -0.4 is 18.9 Å². The summed E-state index contributed by atoms with van der Waals surface area (Å²) in [7, 11) is 6.91. The molecule has 2 aliphatic heterocycles. The summed E-state index contributed by atoms with van der Waals surface area (Å²) in [6.07, 6.45) is 15.3. The molecule has 0 bridgehead atoms. The molecule has 18 nitrogen and oxygen atoms in total. The number of hydrogen-bond acceptors (Lipinski definition) is 17. The summed E-state index contributed by atoms with van der Waals surface area (Å²) in [5.41, 5.74) is 4.76. The number of aryl methyl sites for hydroxylation is 2. The van der Waals surface area contributed by atoms with E-state index < -0.39 is 46.6 Å². The SMILES string of the molecule is CCOC(=O)[C@]12CC(=O)[C@@H]3C[C@@H](Oc4cc(-c5nc(C(C)C)cs5)nc5c(C)c(OC)ccc45)C[C@H]3C(=O)N(C)CCCC/C=C\[C@@H]1C2.COc1ccc2c(O[C@@H]3C[C@H]4C(=O)C[C@]5(C(=O)O)C[C@H]5/C=C\CCCCN(C)C(=O)[C@@H]4C3)cc(-c3nc(C(C)C)cs3)nc2c1C. The van der Waals surface area contributed by atoms with Crippen molar-refractivity contribution in [1.82, 2.24) is 29.7 Å². The minimum Gasteiger partial charge on any atom is -0.496 e. The van der Waals surface area contributed by atoms with Gasteiger partial charge in [0.2, 0.25) is 11.8 Å². The topological polar surface area (TPSA) is 227 Å². The first-order chi connectivity index (χ1) is 45.1. The zero-order valence-electron chi connectivity index (χ0n) is 56.2. The van der Waals surface area contributed by atoms with Crippen LogP contribution in [0.3, 0.4) is 0 Å². The smallest absolute Gasteiger partial charge is 0.313 e. The highest BCUT2D eigenvalue weighted by molar-refractivity contribution is 7.13. The van der Waals surface area contributed by atoms with E-state index in [1.165, 1.54) is 11.3 Å². The lowest BCUT2D eigenvalue weighted by Gasteiger charge is -2.25. The Hall–Kier alpha value is -7.58. The molecule has 12 rings (SSSR count). The van der Waals surface area contributed by atoms with E-state index in [4.69, 9.17) is 43.6 Å². The minimum absolute atomic E-state index is 0.0161. The van der Waals surface area contributed by atoms with Crippen LogP contribution in [0.4, 0.5) is 0 Å². The van der Waals surface area contributed by atoms with Gasteiger partial charge in [-0.25, -0.2) is 19.9 Å². The Kier molecular flexibility index (Phi) is 20.5. The molecule has 4 aliphatic carbocycles. The normalized spacial score (nSPS) is 27.3.